The Morgan fingerprint density at radius 1 is 1.10 bits per heavy atom. The molecule has 2 nitrogen and oxygen atoms in total. The molecule has 0 aliphatic rings. The van der Waals surface area contributed by atoms with Crippen LogP contribution in [-0.2, 0) is 6.18 Å². The molecule has 0 aliphatic carbocycles. The Kier molecular flexibility index (Phi) is 4.23. The fraction of sp³-hybridized carbons (Fsp3) is 0.250. The van der Waals surface area contributed by atoms with Crippen molar-refractivity contribution in [3.05, 3.63) is 64.7 Å². The Balaban J connectivity index is 2.45. The molecule has 1 unspecified atom stereocenters. The van der Waals surface area contributed by atoms with Crippen LogP contribution in [0, 0.1) is 6.92 Å². The zero-order valence-electron chi connectivity index (χ0n) is 11.6. The molecule has 0 aromatic heterocycles. The van der Waals surface area contributed by atoms with Gasteiger partial charge >= 0.3 is 6.18 Å². The normalized spacial score (nSPS) is 13.0. The van der Waals surface area contributed by atoms with Crippen LogP contribution >= 0.6 is 0 Å². The van der Waals surface area contributed by atoms with Gasteiger partial charge in [0.15, 0.2) is 0 Å². The zero-order chi connectivity index (χ0) is 15.6. The molecule has 2 aromatic rings. The van der Waals surface area contributed by atoms with Gasteiger partial charge in [0.25, 0.3) is 0 Å². The van der Waals surface area contributed by atoms with Crippen molar-refractivity contribution in [3.8, 4) is 5.75 Å². The number of rotatable bonds is 3. The minimum absolute atomic E-state index is 0.158. The number of aliphatic hydroxyl groups excluding tert-OH is 1. The van der Waals surface area contributed by atoms with Crippen LogP contribution in [0.2, 0.25) is 0 Å². The van der Waals surface area contributed by atoms with Crippen molar-refractivity contribution in [2.24, 2.45) is 0 Å². The molecule has 0 aliphatic heterocycles. The van der Waals surface area contributed by atoms with E-state index in [1.807, 2.05) is 0 Å². The van der Waals surface area contributed by atoms with Gasteiger partial charge in [-0.1, -0.05) is 24.3 Å². The second kappa shape index (κ2) is 5.77. The third-order valence-electron chi connectivity index (χ3n) is 3.30. The van der Waals surface area contributed by atoms with Gasteiger partial charge in [0.2, 0.25) is 0 Å². The van der Waals surface area contributed by atoms with E-state index in [-0.39, 0.29) is 5.56 Å². The van der Waals surface area contributed by atoms with Gasteiger partial charge in [0.1, 0.15) is 11.9 Å². The van der Waals surface area contributed by atoms with Crippen LogP contribution in [0.25, 0.3) is 0 Å². The number of aryl methyl sites for hydroxylation is 1. The molecule has 21 heavy (non-hydrogen) atoms. The van der Waals surface area contributed by atoms with E-state index in [1.165, 1.54) is 25.3 Å². The van der Waals surface area contributed by atoms with E-state index in [0.29, 0.717) is 11.3 Å². The third-order valence-corrected chi connectivity index (χ3v) is 3.30. The highest BCUT2D eigenvalue weighted by molar-refractivity contribution is 5.42. The van der Waals surface area contributed by atoms with Crippen molar-refractivity contribution in [1.29, 1.82) is 0 Å². The summed E-state index contributed by atoms with van der Waals surface area (Å²) >= 11 is 0. The third kappa shape index (κ3) is 3.19. The molecule has 0 fully saturated rings. The van der Waals surface area contributed by atoms with Gasteiger partial charge < -0.3 is 9.84 Å². The minimum Gasteiger partial charge on any atom is -0.496 e. The van der Waals surface area contributed by atoms with Crippen LogP contribution in [-0.4, -0.2) is 12.2 Å². The smallest absolute Gasteiger partial charge is 0.416 e. The average molecular weight is 296 g/mol. The van der Waals surface area contributed by atoms with Gasteiger partial charge in [-0.15, -0.1) is 0 Å². The molecule has 0 amide bonds. The molecule has 112 valence electrons. The number of benzene rings is 2. The number of alkyl halides is 3. The van der Waals surface area contributed by atoms with Gasteiger partial charge in [0, 0.05) is 0 Å². The molecule has 5 heteroatoms. The summed E-state index contributed by atoms with van der Waals surface area (Å²) in [6.07, 6.45) is -5.84. The van der Waals surface area contributed by atoms with Crippen molar-refractivity contribution in [3.63, 3.8) is 0 Å². The summed E-state index contributed by atoms with van der Waals surface area (Å²) < 4.78 is 44.1. The maximum atomic E-state index is 13.0. The maximum Gasteiger partial charge on any atom is 0.416 e. The molecule has 0 heterocycles. The first-order chi connectivity index (χ1) is 9.84. The van der Waals surface area contributed by atoms with E-state index >= 15 is 0 Å². The molecule has 0 spiro atoms. The topological polar surface area (TPSA) is 29.5 Å². The molecule has 1 N–H and O–H groups in total. The summed E-state index contributed by atoms with van der Waals surface area (Å²) in [5, 5.41) is 10.3. The standard InChI is InChI=1S/C16H15F3O2/c1-10-9-11(7-8-14(10)21-2)15(20)12-5-3-4-6-13(12)16(17,18)19/h3-9,15,20H,1-2H3. The second-order valence-electron chi connectivity index (χ2n) is 4.72. The molecule has 2 rings (SSSR count). The number of ether oxygens (including phenoxy) is 1. The highest BCUT2D eigenvalue weighted by Gasteiger charge is 2.34. The molecular formula is C16H15F3O2. The largest absolute Gasteiger partial charge is 0.496 e. The molecule has 0 saturated carbocycles. The lowest BCUT2D eigenvalue weighted by molar-refractivity contribution is -0.139. The highest BCUT2D eigenvalue weighted by atomic mass is 19.4. The van der Waals surface area contributed by atoms with Gasteiger partial charge in [0.05, 0.1) is 12.7 Å². The average Bonchev–Trinajstić information content (AvgIpc) is 2.45. The first kappa shape index (κ1) is 15.4. The fourth-order valence-electron chi connectivity index (χ4n) is 2.24. The second-order valence-corrected chi connectivity index (χ2v) is 4.72. The number of halogens is 3. The Hall–Kier alpha value is -2.01. The Morgan fingerprint density at radius 3 is 2.33 bits per heavy atom. The number of hydrogen-bond acceptors (Lipinski definition) is 2. The van der Waals surface area contributed by atoms with Crippen molar-refractivity contribution in [2.75, 3.05) is 7.11 Å². The molecule has 0 saturated heterocycles. The summed E-state index contributed by atoms with van der Waals surface area (Å²) in [6.45, 7) is 1.77. The maximum absolute atomic E-state index is 13.0. The van der Waals surface area contributed by atoms with Crippen LogP contribution in [0.1, 0.15) is 28.4 Å². The van der Waals surface area contributed by atoms with Crippen LogP contribution in [0.5, 0.6) is 5.75 Å². The van der Waals surface area contributed by atoms with Crippen molar-refractivity contribution in [1.82, 2.24) is 0 Å². The van der Waals surface area contributed by atoms with Crippen LogP contribution in [0.4, 0.5) is 13.2 Å². The lowest BCUT2D eigenvalue weighted by Crippen LogP contribution is -2.12. The molecule has 0 radical (unpaired) electrons. The van der Waals surface area contributed by atoms with Gasteiger partial charge in [-0.2, -0.15) is 13.2 Å². The number of methoxy groups -OCH3 is 1. The Morgan fingerprint density at radius 2 is 1.76 bits per heavy atom. The molecule has 1 atom stereocenters. The lowest BCUT2D eigenvalue weighted by atomic mass is 9.95. The highest BCUT2D eigenvalue weighted by Crippen LogP contribution is 2.37. The Labute approximate surface area is 120 Å². The predicted octanol–water partition coefficient (Wildman–Crippen LogP) is 4.10. The van der Waals surface area contributed by atoms with Crippen molar-refractivity contribution in [2.45, 2.75) is 19.2 Å². The zero-order valence-corrected chi connectivity index (χ0v) is 11.6. The van der Waals surface area contributed by atoms with Gasteiger partial charge in [-0.05, 0) is 41.8 Å². The first-order valence-electron chi connectivity index (χ1n) is 6.33. The molecule has 0 bridgehead atoms. The number of aliphatic hydroxyl groups is 1. The van der Waals surface area contributed by atoms with E-state index in [9.17, 15) is 18.3 Å². The minimum atomic E-state index is -4.50. The summed E-state index contributed by atoms with van der Waals surface area (Å²) in [7, 11) is 1.51. The van der Waals surface area contributed by atoms with Crippen LogP contribution in [0.3, 0.4) is 0 Å². The Bertz CT molecular complexity index is 636. The van der Waals surface area contributed by atoms with Crippen LogP contribution < -0.4 is 4.74 Å². The SMILES string of the molecule is COc1ccc(C(O)c2ccccc2C(F)(F)F)cc1C. The predicted molar refractivity (Wildman–Crippen MR) is 73.2 cm³/mol. The summed E-state index contributed by atoms with van der Waals surface area (Å²) in [6, 6.07) is 9.84. The quantitative estimate of drug-likeness (QED) is 0.924. The van der Waals surface area contributed by atoms with Crippen molar-refractivity contribution >= 4 is 0 Å². The van der Waals surface area contributed by atoms with E-state index in [4.69, 9.17) is 4.74 Å². The van der Waals surface area contributed by atoms with Crippen molar-refractivity contribution < 1.29 is 23.0 Å². The van der Waals surface area contributed by atoms with E-state index in [2.05, 4.69) is 0 Å². The first-order valence-corrected chi connectivity index (χ1v) is 6.33. The van der Waals surface area contributed by atoms with E-state index in [0.717, 1.165) is 11.6 Å². The summed E-state index contributed by atoms with van der Waals surface area (Å²) in [4.78, 5) is 0. The van der Waals surface area contributed by atoms with E-state index in [1.54, 1.807) is 25.1 Å². The summed E-state index contributed by atoms with van der Waals surface area (Å²) in [5.74, 6) is 0.620. The van der Waals surface area contributed by atoms with Gasteiger partial charge in [-0.25, -0.2) is 0 Å². The molecule has 2 aromatic carbocycles. The summed E-state index contributed by atoms with van der Waals surface area (Å²) in [5.41, 5.74) is 0.157. The van der Waals surface area contributed by atoms with Gasteiger partial charge in [-0.3, -0.25) is 0 Å². The molecular weight excluding hydrogens is 281 g/mol. The monoisotopic (exact) mass is 296 g/mol. The van der Waals surface area contributed by atoms with Crippen LogP contribution in [0.15, 0.2) is 42.5 Å². The number of hydrogen-bond donors (Lipinski definition) is 1. The van der Waals surface area contributed by atoms with E-state index < -0.39 is 17.8 Å². The fourth-order valence-corrected chi connectivity index (χ4v) is 2.24. The lowest BCUT2D eigenvalue weighted by Gasteiger charge is -2.18.